The molecular weight excluding hydrogens is 458 g/mol. The first kappa shape index (κ1) is 22.6. The summed E-state index contributed by atoms with van der Waals surface area (Å²) in [6, 6.07) is 34.6. The van der Waals surface area contributed by atoms with Gasteiger partial charge in [-0.25, -0.2) is 8.42 Å². The zero-order valence-electron chi connectivity index (χ0n) is 18.8. The second-order valence-electron chi connectivity index (χ2n) is 8.22. The molecule has 1 aliphatic rings. The molecule has 0 N–H and O–H groups in total. The Morgan fingerprint density at radius 2 is 1.34 bits per heavy atom. The van der Waals surface area contributed by atoms with E-state index in [0.29, 0.717) is 22.6 Å². The van der Waals surface area contributed by atoms with Crippen LogP contribution < -0.4 is 4.74 Å². The molecule has 0 bridgehead atoms. The van der Waals surface area contributed by atoms with Gasteiger partial charge in [-0.3, -0.25) is 4.79 Å². The number of hydrogen-bond acceptors (Lipinski definition) is 4. The summed E-state index contributed by atoms with van der Waals surface area (Å²) in [6.45, 7) is 0.187. The smallest absolute Gasteiger partial charge is 0.267 e. The Morgan fingerprint density at radius 3 is 2.03 bits per heavy atom. The minimum absolute atomic E-state index is 0.187. The minimum Gasteiger partial charge on any atom is -0.457 e. The van der Waals surface area contributed by atoms with Crippen LogP contribution in [-0.4, -0.2) is 19.2 Å². The molecule has 5 rings (SSSR count). The van der Waals surface area contributed by atoms with E-state index in [0.717, 1.165) is 5.56 Å². The van der Waals surface area contributed by atoms with Crippen molar-refractivity contribution in [3.63, 3.8) is 0 Å². The normalized spacial score (nSPS) is 18.1. The highest BCUT2D eigenvalue weighted by Crippen LogP contribution is 2.41. The van der Waals surface area contributed by atoms with Gasteiger partial charge in [-0.15, -0.1) is 0 Å². The van der Waals surface area contributed by atoms with Crippen molar-refractivity contribution < 1.29 is 17.9 Å². The molecule has 1 aliphatic heterocycles. The number of carbonyl (C=O) groups excluding carboxylic acids is 1. The van der Waals surface area contributed by atoms with E-state index in [2.05, 4.69) is 0 Å². The number of ether oxygens (including phenoxy) is 1. The van der Waals surface area contributed by atoms with Crippen LogP contribution in [0.3, 0.4) is 0 Å². The average molecular weight is 482 g/mol. The lowest BCUT2D eigenvalue weighted by Gasteiger charge is -2.23. The molecule has 6 heteroatoms. The summed E-state index contributed by atoms with van der Waals surface area (Å²) in [5.74, 6) is 0.700. The fourth-order valence-corrected chi connectivity index (χ4v) is 6.08. The van der Waals surface area contributed by atoms with Gasteiger partial charge < -0.3 is 9.64 Å². The Hall–Kier alpha value is -4.16. The van der Waals surface area contributed by atoms with Gasteiger partial charge in [-0.05, 0) is 47.0 Å². The van der Waals surface area contributed by atoms with Gasteiger partial charge in [0.15, 0.2) is 5.37 Å². The summed E-state index contributed by atoms with van der Waals surface area (Å²) in [4.78, 5) is 14.7. The van der Waals surface area contributed by atoms with Gasteiger partial charge in [0.1, 0.15) is 16.4 Å². The van der Waals surface area contributed by atoms with E-state index in [4.69, 9.17) is 4.74 Å². The van der Waals surface area contributed by atoms with Crippen LogP contribution in [0.15, 0.2) is 120 Å². The zero-order chi connectivity index (χ0) is 24.3. The predicted octanol–water partition coefficient (Wildman–Crippen LogP) is 5.98. The number of nitrogens with zero attached hydrogens (tertiary/aromatic N) is 1. The van der Waals surface area contributed by atoms with Crippen LogP contribution in [0, 0.1) is 0 Å². The van der Waals surface area contributed by atoms with Gasteiger partial charge in [-0.1, -0.05) is 91.0 Å². The quantitative estimate of drug-likeness (QED) is 0.318. The third kappa shape index (κ3) is 4.74. The van der Waals surface area contributed by atoms with Crippen LogP contribution in [0.1, 0.15) is 22.1 Å². The molecule has 1 amide bonds. The number of benzene rings is 4. The first-order valence-electron chi connectivity index (χ1n) is 11.2. The Morgan fingerprint density at radius 1 is 0.743 bits per heavy atom. The number of para-hydroxylation sites is 1. The molecular formula is C29H23NO4S. The molecule has 0 aromatic heterocycles. The molecule has 0 spiro atoms. The lowest BCUT2D eigenvalue weighted by molar-refractivity contribution is -0.126. The number of carbonyl (C=O) groups is 1. The van der Waals surface area contributed by atoms with Gasteiger partial charge in [0, 0.05) is 6.54 Å². The maximum absolute atomic E-state index is 13.7. The molecule has 1 heterocycles. The fourth-order valence-electron chi connectivity index (χ4n) is 4.16. The second kappa shape index (κ2) is 9.60. The van der Waals surface area contributed by atoms with Crippen LogP contribution in [0.4, 0.5) is 0 Å². The van der Waals surface area contributed by atoms with Gasteiger partial charge in [0.25, 0.3) is 5.91 Å². The molecule has 35 heavy (non-hydrogen) atoms. The van der Waals surface area contributed by atoms with E-state index in [1.54, 1.807) is 48.5 Å². The average Bonchev–Trinajstić information content (AvgIpc) is 3.06. The van der Waals surface area contributed by atoms with E-state index in [1.165, 1.54) is 11.0 Å². The highest BCUT2D eigenvalue weighted by Gasteiger charge is 2.49. The lowest BCUT2D eigenvalue weighted by atomic mass is 10.1. The molecule has 0 radical (unpaired) electrons. The topological polar surface area (TPSA) is 63.7 Å². The molecule has 5 nitrogen and oxygen atoms in total. The van der Waals surface area contributed by atoms with Crippen molar-refractivity contribution in [3.8, 4) is 11.5 Å². The predicted molar refractivity (Wildman–Crippen MR) is 136 cm³/mol. The second-order valence-corrected chi connectivity index (χ2v) is 10.2. The molecule has 0 saturated carbocycles. The highest BCUT2D eigenvalue weighted by molar-refractivity contribution is 7.97. The van der Waals surface area contributed by atoms with E-state index >= 15 is 0 Å². The Balaban J connectivity index is 1.54. The molecule has 4 aromatic rings. The van der Waals surface area contributed by atoms with Crippen molar-refractivity contribution >= 4 is 21.8 Å². The number of hydrogen-bond donors (Lipinski definition) is 0. The molecule has 1 fully saturated rings. The van der Waals surface area contributed by atoms with E-state index < -0.39 is 21.1 Å². The standard InChI is InChI=1S/C29H23NO4S/c31-28-27(20-23-13-10-18-26(19-23)34-25-16-8-3-9-17-25)35(32,33)29(24-14-6-2-7-15-24)30(28)21-22-11-4-1-5-12-22/h1-20,29H,21H2/b27-20-. The van der Waals surface area contributed by atoms with Gasteiger partial charge in [-0.2, -0.15) is 0 Å². The van der Waals surface area contributed by atoms with Gasteiger partial charge in [0.2, 0.25) is 9.84 Å². The molecule has 1 atom stereocenters. The van der Waals surface area contributed by atoms with Crippen molar-refractivity contribution in [2.75, 3.05) is 0 Å². The summed E-state index contributed by atoms with van der Waals surface area (Å²) in [5.41, 5.74) is 1.98. The lowest BCUT2D eigenvalue weighted by Crippen LogP contribution is -2.28. The van der Waals surface area contributed by atoms with Crippen LogP contribution in [0.5, 0.6) is 11.5 Å². The monoisotopic (exact) mass is 481 g/mol. The van der Waals surface area contributed by atoms with Crippen LogP contribution in [0.25, 0.3) is 6.08 Å². The summed E-state index contributed by atoms with van der Waals surface area (Å²) >= 11 is 0. The third-order valence-electron chi connectivity index (χ3n) is 5.77. The number of rotatable bonds is 6. The van der Waals surface area contributed by atoms with Crippen molar-refractivity contribution in [3.05, 3.63) is 137 Å². The summed E-state index contributed by atoms with van der Waals surface area (Å²) in [7, 11) is -3.97. The SMILES string of the molecule is O=C1/C(=C/c2cccc(Oc3ccccc3)c2)S(=O)(=O)C(c2ccccc2)N1Cc1ccccc1. The summed E-state index contributed by atoms with van der Waals surface area (Å²) in [6.07, 6.45) is 1.44. The van der Waals surface area contributed by atoms with Crippen LogP contribution in [0.2, 0.25) is 0 Å². The Kier molecular flexibility index (Phi) is 6.21. The Labute approximate surface area is 204 Å². The van der Waals surface area contributed by atoms with Gasteiger partial charge in [0.05, 0.1) is 0 Å². The maximum Gasteiger partial charge on any atom is 0.267 e. The van der Waals surface area contributed by atoms with E-state index in [1.807, 2.05) is 66.7 Å². The minimum atomic E-state index is -3.97. The molecule has 4 aromatic carbocycles. The third-order valence-corrected chi connectivity index (χ3v) is 7.79. The van der Waals surface area contributed by atoms with Crippen molar-refractivity contribution in [2.45, 2.75) is 11.9 Å². The molecule has 1 unspecified atom stereocenters. The van der Waals surface area contributed by atoms with Crippen molar-refractivity contribution in [1.82, 2.24) is 4.90 Å². The first-order chi connectivity index (χ1) is 17.0. The fraction of sp³-hybridized carbons (Fsp3) is 0.0690. The number of amides is 1. The molecule has 0 aliphatic carbocycles. The van der Waals surface area contributed by atoms with E-state index in [9.17, 15) is 13.2 Å². The van der Waals surface area contributed by atoms with Gasteiger partial charge >= 0.3 is 0 Å². The van der Waals surface area contributed by atoms with E-state index in [-0.39, 0.29) is 11.4 Å². The highest BCUT2D eigenvalue weighted by atomic mass is 32.2. The Bertz CT molecular complexity index is 1470. The molecule has 174 valence electrons. The van der Waals surface area contributed by atoms with Crippen LogP contribution >= 0.6 is 0 Å². The first-order valence-corrected chi connectivity index (χ1v) is 12.8. The van der Waals surface area contributed by atoms with Crippen molar-refractivity contribution in [1.29, 1.82) is 0 Å². The maximum atomic E-state index is 13.7. The summed E-state index contributed by atoms with van der Waals surface area (Å²) < 4.78 is 33.3. The van der Waals surface area contributed by atoms with Crippen LogP contribution in [-0.2, 0) is 21.2 Å². The van der Waals surface area contributed by atoms with Crippen molar-refractivity contribution in [2.24, 2.45) is 0 Å². The zero-order valence-corrected chi connectivity index (χ0v) is 19.6. The largest absolute Gasteiger partial charge is 0.457 e. The summed E-state index contributed by atoms with van der Waals surface area (Å²) in [5, 5.41) is -1.09. The number of sulfone groups is 1. The molecule has 1 saturated heterocycles.